The van der Waals surface area contributed by atoms with Gasteiger partial charge in [-0.2, -0.15) is 0 Å². The lowest BCUT2D eigenvalue weighted by Crippen LogP contribution is -2.22. The van der Waals surface area contributed by atoms with E-state index >= 15 is 0 Å². The summed E-state index contributed by atoms with van der Waals surface area (Å²) in [6.07, 6.45) is 0.878. The highest BCUT2D eigenvalue weighted by Gasteiger charge is 2.28. The SMILES string of the molecule is C=C(CC(C)(C)c1c(C)cc(C)cc1OC(C)=O)C(C)C. The van der Waals surface area contributed by atoms with Gasteiger partial charge < -0.3 is 4.74 Å². The van der Waals surface area contributed by atoms with Crippen molar-refractivity contribution >= 4 is 5.97 Å². The number of carbonyl (C=O) groups is 1. The number of hydrogen-bond acceptors (Lipinski definition) is 2. The van der Waals surface area contributed by atoms with Gasteiger partial charge in [0.2, 0.25) is 0 Å². The maximum Gasteiger partial charge on any atom is 0.308 e. The lowest BCUT2D eigenvalue weighted by Gasteiger charge is -2.31. The summed E-state index contributed by atoms with van der Waals surface area (Å²) in [5, 5.41) is 0. The number of carbonyl (C=O) groups excluding carboxylic acids is 1. The molecule has 0 bridgehead atoms. The fourth-order valence-electron chi connectivity index (χ4n) is 2.89. The summed E-state index contributed by atoms with van der Waals surface area (Å²) in [4.78, 5) is 11.4. The first-order valence-corrected chi connectivity index (χ1v) is 7.52. The minimum absolute atomic E-state index is 0.121. The van der Waals surface area contributed by atoms with Crippen molar-refractivity contribution in [1.82, 2.24) is 0 Å². The van der Waals surface area contributed by atoms with Crippen LogP contribution in [0.1, 0.15) is 57.7 Å². The van der Waals surface area contributed by atoms with Gasteiger partial charge in [0, 0.05) is 12.5 Å². The summed E-state index contributed by atoms with van der Waals surface area (Å²) in [5.41, 5.74) is 4.46. The van der Waals surface area contributed by atoms with E-state index in [0.29, 0.717) is 11.7 Å². The maximum atomic E-state index is 11.4. The highest BCUT2D eigenvalue weighted by Crippen LogP contribution is 2.40. The van der Waals surface area contributed by atoms with Crippen molar-refractivity contribution in [1.29, 1.82) is 0 Å². The molecule has 0 N–H and O–H groups in total. The van der Waals surface area contributed by atoms with Crippen LogP contribution in [0.2, 0.25) is 0 Å². The zero-order chi connectivity index (χ0) is 16.4. The van der Waals surface area contributed by atoms with Crippen LogP contribution < -0.4 is 4.74 Å². The summed E-state index contributed by atoms with van der Waals surface area (Å²) >= 11 is 0. The Morgan fingerprint density at radius 2 is 1.86 bits per heavy atom. The Balaban J connectivity index is 3.32. The van der Waals surface area contributed by atoms with E-state index in [0.717, 1.165) is 23.1 Å². The molecule has 2 nitrogen and oxygen atoms in total. The minimum Gasteiger partial charge on any atom is -0.426 e. The van der Waals surface area contributed by atoms with Crippen LogP contribution in [0.15, 0.2) is 24.3 Å². The molecule has 0 spiro atoms. The second-order valence-electron chi connectivity index (χ2n) is 6.92. The molecule has 0 saturated heterocycles. The molecule has 0 aliphatic heterocycles. The van der Waals surface area contributed by atoms with Gasteiger partial charge in [0.25, 0.3) is 0 Å². The van der Waals surface area contributed by atoms with Crippen LogP contribution in [0.25, 0.3) is 0 Å². The molecule has 0 unspecified atom stereocenters. The number of aryl methyl sites for hydroxylation is 2. The molecule has 1 aromatic rings. The van der Waals surface area contributed by atoms with Crippen LogP contribution in [0, 0.1) is 19.8 Å². The number of rotatable bonds is 5. The first-order valence-electron chi connectivity index (χ1n) is 7.52. The molecule has 0 aromatic heterocycles. The Morgan fingerprint density at radius 3 is 2.33 bits per heavy atom. The third-order valence-electron chi connectivity index (χ3n) is 3.86. The molecule has 0 amide bonds. The third kappa shape index (κ3) is 4.45. The fourth-order valence-corrected chi connectivity index (χ4v) is 2.89. The largest absolute Gasteiger partial charge is 0.426 e. The van der Waals surface area contributed by atoms with E-state index in [1.807, 2.05) is 13.0 Å². The van der Waals surface area contributed by atoms with Crippen molar-refractivity contribution in [2.24, 2.45) is 5.92 Å². The molecule has 0 saturated carbocycles. The molecule has 0 aliphatic carbocycles. The van der Waals surface area contributed by atoms with Gasteiger partial charge in [0.15, 0.2) is 0 Å². The summed E-state index contributed by atoms with van der Waals surface area (Å²) in [7, 11) is 0. The normalized spacial score (nSPS) is 11.6. The standard InChI is InChI=1S/C19H28O2/c1-12(2)15(5)11-19(7,8)18-14(4)9-13(3)10-17(18)21-16(6)20/h9-10,12H,5,11H2,1-4,6-8H3. The summed E-state index contributed by atoms with van der Waals surface area (Å²) in [5.74, 6) is 0.855. The van der Waals surface area contributed by atoms with E-state index in [4.69, 9.17) is 4.74 Å². The van der Waals surface area contributed by atoms with Crippen LogP contribution in [0.4, 0.5) is 0 Å². The minimum atomic E-state index is -0.278. The number of benzene rings is 1. The highest BCUT2D eigenvalue weighted by atomic mass is 16.5. The second-order valence-corrected chi connectivity index (χ2v) is 6.92. The van der Waals surface area contributed by atoms with Gasteiger partial charge in [-0.15, -0.1) is 0 Å². The molecule has 2 heteroatoms. The molecule has 0 fully saturated rings. The maximum absolute atomic E-state index is 11.4. The lowest BCUT2D eigenvalue weighted by molar-refractivity contribution is -0.131. The van der Waals surface area contributed by atoms with Crippen molar-refractivity contribution in [3.05, 3.63) is 41.0 Å². The molecule has 1 rings (SSSR count). The number of allylic oxidation sites excluding steroid dienone is 1. The summed E-state index contributed by atoms with van der Waals surface area (Å²) < 4.78 is 5.47. The molecule has 0 atom stereocenters. The quantitative estimate of drug-likeness (QED) is 0.427. The van der Waals surface area contributed by atoms with Crippen LogP contribution in [-0.2, 0) is 10.2 Å². The number of esters is 1. The van der Waals surface area contributed by atoms with Crippen molar-refractivity contribution < 1.29 is 9.53 Å². The van der Waals surface area contributed by atoms with Crippen LogP contribution in [0.3, 0.4) is 0 Å². The average molecular weight is 288 g/mol. The zero-order valence-electron chi connectivity index (χ0n) is 14.5. The lowest BCUT2D eigenvalue weighted by atomic mass is 9.75. The van der Waals surface area contributed by atoms with Gasteiger partial charge in [-0.3, -0.25) is 4.79 Å². The van der Waals surface area contributed by atoms with Crippen LogP contribution in [0.5, 0.6) is 5.75 Å². The topological polar surface area (TPSA) is 26.3 Å². The third-order valence-corrected chi connectivity index (χ3v) is 3.86. The predicted molar refractivity (Wildman–Crippen MR) is 88.8 cm³/mol. The van der Waals surface area contributed by atoms with Crippen LogP contribution in [-0.4, -0.2) is 5.97 Å². The van der Waals surface area contributed by atoms with E-state index in [1.54, 1.807) is 0 Å². The molecule has 0 heterocycles. The summed E-state index contributed by atoms with van der Waals surface area (Å²) in [6.45, 7) is 18.4. The monoisotopic (exact) mass is 288 g/mol. The van der Waals surface area contributed by atoms with Gasteiger partial charge in [-0.25, -0.2) is 0 Å². The smallest absolute Gasteiger partial charge is 0.308 e. The van der Waals surface area contributed by atoms with Gasteiger partial charge in [-0.05, 0) is 48.8 Å². The Hall–Kier alpha value is -1.57. The number of ether oxygens (including phenoxy) is 1. The fraction of sp³-hybridized carbons (Fsp3) is 0.526. The van der Waals surface area contributed by atoms with Crippen molar-refractivity contribution in [2.45, 2.75) is 60.3 Å². The first kappa shape index (κ1) is 17.5. The van der Waals surface area contributed by atoms with E-state index < -0.39 is 0 Å². The van der Waals surface area contributed by atoms with Gasteiger partial charge in [0.05, 0.1) is 0 Å². The molecule has 0 aliphatic rings. The summed E-state index contributed by atoms with van der Waals surface area (Å²) in [6, 6.07) is 4.09. The second kappa shape index (κ2) is 6.46. The van der Waals surface area contributed by atoms with Crippen molar-refractivity contribution in [3.63, 3.8) is 0 Å². The zero-order valence-corrected chi connectivity index (χ0v) is 14.5. The van der Waals surface area contributed by atoms with E-state index in [2.05, 4.69) is 47.3 Å². The molecule has 0 radical (unpaired) electrons. The van der Waals surface area contributed by atoms with E-state index in [9.17, 15) is 4.79 Å². The Labute approximate surface area is 129 Å². The van der Waals surface area contributed by atoms with Crippen molar-refractivity contribution in [3.8, 4) is 5.75 Å². The van der Waals surface area contributed by atoms with Gasteiger partial charge in [0.1, 0.15) is 5.75 Å². The van der Waals surface area contributed by atoms with E-state index in [1.165, 1.54) is 12.5 Å². The average Bonchev–Trinajstić information content (AvgIpc) is 2.24. The molecular weight excluding hydrogens is 260 g/mol. The van der Waals surface area contributed by atoms with Crippen LogP contribution >= 0.6 is 0 Å². The Morgan fingerprint density at radius 1 is 1.29 bits per heavy atom. The first-order chi connectivity index (χ1) is 9.54. The Bertz CT molecular complexity index is 551. The van der Waals surface area contributed by atoms with E-state index in [-0.39, 0.29) is 11.4 Å². The Kier molecular flexibility index (Phi) is 5.38. The number of hydrogen-bond donors (Lipinski definition) is 0. The van der Waals surface area contributed by atoms with Gasteiger partial charge in [-0.1, -0.05) is 45.9 Å². The molecule has 21 heavy (non-hydrogen) atoms. The molecule has 116 valence electrons. The van der Waals surface area contributed by atoms with Crippen molar-refractivity contribution in [2.75, 3.05) is 0 Å². The molecular formula is C19H28O2. The van der Waals surface area contributed by atoms with Gasteiger partial charge >= 0.3 is 5.97 Å². The highest BCUT2D eigenvalue weighted by molar-refractivity contribution is 5.70. The molecule has 1 aromatic carbocycles. The predicted octanol–water partition coefficient (Wildman–Crippen LogP) is 5.11.